The summed E-state index contributed by atoms with van der Waals surface area (Å²) < 4.78 is 49.2. The van der Waals surface area contributed by atoms with E-state index < -0.39 is 26.1 Å². The minimum absolute atomic E-state index is 0.0958. The van der Waals surface area contributed by atoms with Gasteiger partial charge in [-0.05, 0) is 44.0 Å². The number of nitrogens with two attached hydrogens (primary N) is 1. The van der Waals surface area contributed by atoms with Crippen molar-refractivity contribution in [2.45, 2.75) is 54.5 Å². The number of primary sulfonamides is 1. The average Bonchev–Trinajstić information content (AvgIpc) is 2.99. The zero-order valence-electron chi connectivity index (χ0n) is 13.2. The summed E-state index contributed by atoms with van der Waals surface area (Å²) in [5.74, 6) is -0.383. The Morgan fingerprint density at radius 2 is 1.58 bits per heavy atom. The van der Waals surface area contributed by atoms with Crippen LogP contribution in [0.4, 0.5) is 0 Å². The van der Waals surface area contributed by atoms with Gasteiger partial charge in [-0.1, -0.05) is 12.8 Å². The van der Waals surface area contributed by atoms with Crippen molar-refractivity contribution in [3.05, 3.63) is 24.3 Å². The van der Waals surface area contributed by atoms with E-state index in [1.807, 2.05) is 0 Å². The Kier molecular flexibility index (Phi) is 5.63. The summed E-state index contributed by atoms with van der Waals surface area (Å²) in [6.45, 7) is 1.46. The molecule has 0 aliphatic heterocycles. The van der Waals surface area contributed by atoms with Crippen molar-refractivity contribution in [1.82, 2.24) is 10.0 Å². The molecule has 1 aromatic carbocycles. The van der Waals surface area contributed by atoms with Crippen LogP contribution in [0.1, 0.15) is 32.6 Å². The van der Waals surface area contributed by atoms with Gasteiger partial charge in [-0.15, -0.1) is 0 Å². The molecule has 1 atom stereocenters. The summed E-state index contributed by atoms with van der Waals surface area (Å²) in [6.07, 6.45) is 3.92. The molecule has 2 rings (SSSR count). The third kappa shape index (κ3) is 4.76. The quantitative estimate of drug-likeness (QED) is 0.646. The Labute approximate surface area is 141 Å². The molecule has 0 radical (unpaired) electrons. The number of amides is 1. The Hall–Kier alpha value is -1.49. The van der Waals surface area contributed by atoms with E-state index in [0.717, 1.165) is 49.9 Å². The molecule has 1 fully saturated rings. The lowest BCUT2D eigenvalue weighted by atomic mass is 10.2. The van der Waals surface area contributed by atoms with Crippen molar-refractivity contribution < 1.29 is 21.6 Å². The van der Waals surface area contributed by atoms with E-state index in [1.54, 1.807) is 0 Å². The first-order chi connectivity index (χ1) is 11.1. The highest BCUT2D eigenvalue weighted by Gasteiger charge is 2.25. The van der Waals surface area contributed by atoms with E-state index in [2.05, 4.69) is 10.0 Å². The predicted molar refractivity (Wildman–Crippen MR) is 88.0 cm³/mol. The fourth-order valence-electron chi connectivity index (χ4n) is 2.56. The highest BCUT2D eigenvalue weighted by molar-refractivity contribution is 7.89. The molecule has 1 aliphatic rings. The van der Waals surface area contributed by atoms with Crippen LogP contribution in [0.15, 0.2) is 34.1 Å². The molecule has 0 bridgehead atoms. The molecule has 1 unspecified atom stereocenters. The fourth-order valence-corrected chi connectivity index (χ4v) is 4.28. The van der Waals surface area contributed by atoms with Crippen LogP contribution in [-0.4, -0.2) is 34.8 Å². The van der Waals surface area contributed by atoms with Crippen LogP contribution in [0, 0.1) is 0 Å². The lowest BCUT2D eigenvalue weighted by Gasteiger charge is -2.18. The van der Waals surface area contributed by atoms with Gasteiger partial charge in [-0.3, -0.25) is 4.79 Å². The highest BCUT2D eigenvalue weighted by atomic mass is 32.2. The van der Waals surface area contributed by atoms with Crippen molar-refractivity contribution in [1.29, 1.82) is 0 Å². The molecule has 0 spiro atoms. The molecule has 0 heterocycles. The van der Waals surface area contributed by atoms with Crippen molar-refractivity contribution in [3.8, 4) is 0 Å². The van der Waals surface area contributed by atoms with Crippen LogP contribution < -0.4 is 15.2 Å². The third-order valence-corrected chi connectivity index (χ3v) is 6.38. The predicted octanol–water partition coefficient (Wildman–Crippen LogP) is 0.0596. The van der Waals surface area contributed by atoms with Crippen LogP contribution in [0.3, 0.4) is 0 Å². The molecule has 1 saturated carbocycles. The van der Waals surface area contributed by atoms with Gasteiger partial charge in [0.1, 0.15) is 0 Å². The van der Waals surface area contributed by atoms with Crippen molar-refractivity contribution in [2.75, 3.05) is 0 Å². The van der Waals surface area contributed by atoms with E-state index >= 15 is 0 Å². The summed E-state index contributed by atoms with van der Waals surface area (Å²) >= 11 is 0. The molecular weight excluding hydrogens is 354 g/mol. The molecule has 1 aliphatic carbocycles. The summed E-state index contributed by atoms with van der Waals surface area (Å²) in [6, 6.07) is 3.63. The monoisotopic (exact) mass is 375 g/mol. The molecule has 8 nitrogen and oxygen atoms in total. The molecule has 24 heavy (non-hydrogen) atoms. The van der Waals surface area contributed by atoms with Gasteiger partial charge in [0.2, 0.25) is 26.0 Å². The van der Waals surface area contributed by atoms with E-state index in [4.69, 9.17) is 5.14 Å². The first-order valence-corrected chi connectivity index (χ1v) is 10.6. The largest absolute Gasteiger partial charge is 0.352 e. The standard InChI is InChI=1S/C14H21N3O5S2/c1-10(14(18)16-11-4-2-3-5-11)17-24(21,22)13-8-6-12(7-9-13)23(15,19)20/h6-11,17H,2-5H2,1H3,(H,16,18)(H2,15,19,20). The lowest BCUT2D eigenvalue weighted by molar-refractivity contribution is -0.123. The number of hydrogen-bond acceptors (Lipinski definition) is 5. The molecule has 0 aromatic heterocycles. The van der Waals surface area contributed by atoms with Gasteiger partial charge in [-0.2, -0.15) is 4.72 Å². The maximum Gasteiger partial charge on any atom is 0.241 e. The molecule has 4 N–H and O–H groups in total. The fraction of sp³-hybridized carbons (Fsp3) is 0.500. The highest BCUT2D eigenvalue weighted by Crippen LogP contribution is 2.18. The summed E-state index contributed by atoms with van der Waals surface area (Å²) in [5.41, 5.74) is 0. The molecule has 134 valence electrons. The third-order valence-electron chi connectivity index (χ3n) is 3.89. The van der Waals surface area contributed by atoms with Gasteiger partial charge < -0.3 is 5.32 Å². The van der Waals surface area contributed by atoms with Gasteiger partial charge >= 0.3 is 0 Å². The Bertz CT molecular complexity index is 797. The van der Waals surface area contributed by atoms with Crippen LogP contribution >= 0.6 is 0 Å². The Morgan fingerprint density at radius 3 is 2.08 bits per heavy atom. The van der Waals surface area contributed by atoms with E-state index in [0.29, 0.717) is 0 Å². The first kappa shape index (κ1) is 18.8. The normalized spacial score (nSPS) is 17.6. The van der Waals surface area contributed by atoms with Crippen LogP contribution in [-0.2, 0) is 24.8 Å². The average molecular weight is 375 g/mol. The zero-order chi connectivity index (χ0) is 18.0. The van der Waals surface area contributed by atoms with Crippen LogP contribution in [0.2, 0.25) is 0 Å². The second kappa shape index (κ2) is 7.18. The van der Waals surface area contributed by atoms with Crippen molar-refractivity contribution >= 4 is 26.0 Å². The Balaban J connectivity index is 2.05. The van der Waals surface area contributed by atoms with E-state index in [1.165, 1.54) is 6.92 Å². The minimum atomic E-state index is -3.95. The topological polar surface area (TPSA) is 135 Å². The van der Waals surface area contributed by atoms with Gasteiger partial charge in [0.25, 0.3) is 0 Å². The SMILES string of the molecule is CC(NS(=O)(=O)c1ccc(S(N)(=O)=O)cc1)C(=O)NC1CCCC1. The lowest BCUT2D eigenvalue weighted by Crippen LogP contribution is -2.47. The van der Waals surface area contributed by atoms with Crippen molar-refractivity contribution in [3.63, 3.8) is 0 Å². The molecule has 1 aromatic rings. The first-order valence-electron chi connectivity index (χ1n) is 7.55. The molecule has 1 amide bonds. The number of rotatable bonds is 6. The number of hydrogen-bond donors (Lipinski definition) is 3. The maximum atomic E-state index is 12.3. The van der Waals surface area contributed by atoms with Crippen LogP contribution in [0.25, 0.3) is 0 Å². The second-order valence-corrected chi connectivity index (χ2v) is 9.12. The minimum Gasteiger partial charge on any atom is -0.352 e. The van der Waals surface area contributed by atoms with E-state index in [-0.39, 0.29) is 21.7 Å². The maximum absolute atomic E-state index is 12.3. The zero-order valence-corrected chi connectivity index (χ0v) is 14.9. The summed E-state index contributed by atoms with van der Waals surface area (Å²) in [5, 5.41) is 7.79. The van der Waals surface area contributed by atoms with Crippen LogP contribution in [0.5, 0.6) is 0 Å². The summed E-state index contributed by atoms with van der Waals surface area (Å²) in [7, 11) is -7.84. The van der Waals surface area contributed by atoms with Gasteiger partial charge in [0.15, 0.2) is 0 Å². The smallest absolute Gasteiger partial charge is 0.241 e. The van der Waals surface area contributed by atoms with Gasteiger partial charge in [0.05, 0.1) is 15.8 Å². The van der Waals surface area contributed by atoms with E-state index in [9.17, 15) is 21.6 Å². The number of carbonyl (C=O) groups excluding carboxylic acids is 1. The Morgan fingerprint density at radius 1 is 1.08 bits per heavy atom. The molecule has 0 saturated heterocycles. The van der Waals surface area contributed by atoms with Crippen molar-refractivity contribution in [2.24, 2.45) is 5.14 Å². The number of carbonyl (C=O) groups is 1. The van der Waals surface area contributed by atoms with Gasteiger partial charge in [0, 0.05) is 6.04 Å². The molecular formula is C14H21N3O5S2. The number of sulfonamides is 2. The number of nitrogens with one attached hydrogen (secondary N) is 2. The van der Waals surface area contributed by atoms with Gasteiger partial charge in [-0.25, -0.2) is 22.0 Å². The molecule has 10 heteroatoms. The second-order valence-electron chi connectivity index (χ2n) is 5.85. The number of benzene rings is 1. The summed E-state index contributed by atoms with van der Waals surface area (Å²) in [4.78, 5) is 11.7.